The van der Waals surface area contributed by atoms with Crippen LogP contribution in [-0.2, 0) is 24.7 Å². The fourth-order valence-corrected chi connectivity index (χ4v) is 3.17. The van der Waals surface area contributed by atoms with Gasteiger partial charge in [0, 0.05) is 30.2 Å². The smallest absolute Gasteiger partial charge is 0.224 e. The summed E-state index contributed by atoms with van der Waals surface area (Å²) in [4.78, 5) is 12.4. The summed E-state index contributed by atoms with van der Waals surface area (Å²) in [5.74, 6) is 0.0897. The minimum Gasteiger partial charge on any atom is -0.353 e. The number of hydrogen-bond donors (Lipinski definition) is 1. The molecule has 0 bridgehead atoms. The molecule has 3 aromatic rings. The molecule has 0 saturated carbocycles. The first-order valence-corrected chi connectivity index (χ1v) is 8.49. The minimum absolute atomic E-state index is 0.0897. The molecule has 0 aliphatic rings. The molecule has 1 aromatic heterocycles. The Morgan fingerprint density at radius 1 is 1.08 bits per heavy atom. The molecule has 2 aromatic carbocycles. The van der Waals surface area contributed by atoms with Gasteiger partial charge in [0.15, 0.2) is 0 Å². The Hall–Kier alpha value is -2.55. The predicted molar refractivity (Wildman–Crippen MR) is 99.0 cm³/mol. The monoisotopic (exact) mass is 320 g/mol. The van der Waals surface area contributed by atoms with Crippen LogP contribution < -0.4 is 5.32 Å². The number of nitrogens with zero attached hydrogens (tertiary/aromatic N) is 1. The number of amides is 1. The van der Waals surface area contributed by atoms with Gasteiger partial charge in [-0.25, -0.2) is 0 Å². The van der Waals surface area contributed by atoms with Crippen molar-refractivity contribution in [3.63, 3.8) is 0 Å². The van der Waals surface area contributed by atoms with Crippen LogP contribution in [-0.4, -0.2) is 16.5 Å². The van der Waals surface area contributed by atoms with Crippen molar-refractivity contribution in [3.05, 3.63) is 71.9 Å². The summed E-state index contributed by atoms with van der Waals surface area (Å²) >= 11 is 0. The lowest BCUT2D eigenvalue weighted by Gasteiger charge is -2.13. The van der Waals surface area contributed by atoms with Gasteiger partial charge in [0.25, 0.3) is 0 Å². The number of rotatable bonds is 6. The van der Waals surface area contributed by atoms with Crippen molar-refractivity contribution in [2.24, 2.45) is 7.05 Å². The number of aromatic nitrogens is 1. The van der Waals surface area contributed by atoms with Gasteiger partial charge in [-0.05, 0) is 37.0 Å². The third-order valence-electron chi connectivity index (χ3n) is 4.45. The zero-order chi connectivity index (χ0) is 16.9. The molecule has 24 heavy (non-hydrogen) atoms. The first kappa shape index (κ1) is 16.3. The molecule has 0 aliphatic carbocycles. The van der Waals surface area contributed by atoms with Crippen LogP contribution in [0.1, 0.15) is 24.5 Å². The number of benzene rings is 2. The second kappa shape index (κ2) is 7.35. The van der Waals surface area contributed by atoms with Crippen molar-refractivity contribution in [1.29, 1.82) is 0 Å². The van der Waals surface area contributed by atoms with E-state index in [0.29, 0.717) is 6.42 Å². The second-order valence-corrected chi connectivity index (χ2v) is 6.45. The Morgan fingerprint density at radius 3 is 2.58 bits per heavy atom. The quantitative estimate of drug-likeness (QED) is 0.735. The zero-order valence-electron chi connectivity index (χ0n) is 14.3. The standard InChI is InChI=1S/C21H24N2O/c1-16(12-13-17-8-4-3-5-9-17)22-21(24)14-18-15-23(2)20-11-7-6-10-19(18)20/h3-11,15-16H,12-14H2,1-2H3,(H,22,24). The summed E-state index contributed by atoms with van der Waals surface area (Å²) in [6.07, 6.45) is 4.41. The molecular formula is C21H24N2O. The van der Waals surface area contributed by atoms with Crippen LogP contribution in [0, 0.1) is 0 Å². The van der Waals surface area contributed by atoms with Crippen LogP contribution in [0.25, 0.3) is 10.9 Å². The maximum atomic E-state index is 12.4. The molecule has 1 amide bonds. The molecule has 0 fully saturated rings. The Bertz CT molecular complexity index is 820. The third-order valence-corrected chi connectivity index (χ3v) is 4.45. The number of carbonyl (C=O) groups excluding carboxylic acids is 1. The van der Waals surface area contributed by atoms with Gasteiger partial charge in [-0.1, -0.05) is 48.5 Å². The highest BCUT2D eigenvalue weighted by molar-refractivity contribution is 5.89. The van der Waals surface area contributed by atoms with Gasteiger partial charge in [0.1, 0.15) is 0 Å². The summed E-state index contributed by atoms with van der Waals surface area (Å²) in [5.41, 5.74) is 3.56. The van der Waals surface area contributed by atoms with E-state index in [-0.39, 0.29) is 11.9 Å². The van der Waals surface area contributed by atoms with E-state index in [1.165, 1.54) is 5.56 Å². The first-order chi connectivity index (χ1) is 11.6. The van der Waals surface area contributed by atoms with Crippen LogP contribution in [0.5, 0.6) is 0 Å². The molecule has 1 heterocycles. The Balaban J connectivity index is 1.56. The third kappa shape index (κ3) is 3.85. The topological polar surface area (TPSA) is 34.0 Å². The molecule has 3 nitrogen and oxygen atoms in total. The van der Waals surface area contributed by atoms with Crippen molar-refractivity contribution in [3.8, 4) is 0 Å². The fourth-order valence-electron chi connectivity index (χ4n) is 3.17. The van der Waals surface area contributed by atoms with E-state index in [0.717, 1.165) is 29.3 Å². The second-order valence-electron chi connectivity index (χ2n) is 6.45. The molecular weight excluding hydrogens is 296 g/mol. The van der Waals surface area contributed by atoms with E-state index in [2.05, 4.69) is 59.4 Å². The van der Waals surface area contributed by atoms with Gasteiger partial charge in [0.2, 0.25) is 5.91 Å². The maximum Gasteiger partial charge on any atom is 0.224 e. The highest BCUT2D eigenvalue weighted by Gasteiger charge is 2.12. The van der Waals surface area contributed by atoms with Gasteiger partial charge >= 0.3 is 0 Å². The minimum atomic E-state index is 0.0897. The lowest BCUT2D eigenvalue weighted by molar-refractivity contribution is -0.121. The molecule has 0 aliphatic heterocycles. The summed E-state index contributed by atoms with van der Waals surface area (Å²) in [6, 6.07) is 18.8. The Kier molecular flexibility index (Phi) is 4.99. The van der Waals surface area contributed by atoms with Crippen LogP contribution in [0.15, 0.2) is 60.8 Å². The van der Waals surface area contributed by atoms with Crippen LogP contribution in [0.2, 0.25) is 0 Å². The van der Waals surface area contributed by atoms with Crippen molar-refractivity contribution in [2.75, 3.05) is 0 Å². The van der Waals surface area contributed by atoms with Gasteiger partial charge in [-0.3, -0.25) is 4.79 Å². The average molecular weight is 320 g/mol. The number of para-hydroxylation sites is 1. The molecule has 124 valence electrons. The molecule has 3 heteroatoms. The van der Waals surface area contributed by atoms with Crippen molar-refractivity contribution in [2.45, 2.75) is 32.2 Å². The number of aryl methyl sites for hydroxylation is 2. The fraction of sp³-hybridized carbons (Fsp3) is 0.286. The number of hydrogen-bond acceptors (Lipinski definition) is 1. The highest BCUT2D eigenvalue weighted by Crippen LogP contribution is 2.20. The SMILES string of the molecule is CC(CCc1ccccc1)NC(=O)Cc1cn(C)c2ccccc12. The van der Waals surface area contributed by atoms with Crippen molar-refractivity contribution in [1.82, 2.24) is 9.88 Å². The van der Waals surface area contributed by atoms with Gasteiger partial charge in [-0.2, -0.15) is 0 Å². The molecule has 0 spiro atoms. The number of fused-ring (bicyclic) bond motifs is 1. The summed E-state index contributed by atoms with van der Waals surface area (Å²) in [7, 11) is 2.02. The van der Waals surface area contributed by atoms with Crippen LogP contribution in [0.4, 0.5) is 0 Å². The van der Waals surface area contributed by atoms with E-state index in [9.17, 15) is 4.79 Å². The molecule has 0 saturated heterocycles. The largest absolute Gasteiger partial charge is 0.353 e. The average Bonchev–Trinajstić information content (AvgIpc) is 2.90. The Labute approximate surface area is 143 Å². The highest BCUT2D eigenvalue weighted by atomic mass is 16.1. The summed E-state index contributed by atoms with van der Waals surface area (Å²) < 4.78 is 2.08. The maximum absolute atomic E-state index is 12.4. The number of nitrogens with one attached hydrogen (secondary N) is 1. The normalized spacial score (nSPS) is 12.2. The first-order valence-electron chi connectivity index (χ1n) is 8.49. The van der Waals surface area contributed by atoms with Crippen LogP contribution in [0.3, 0.4) is 0 Å². The predicted octanol–water partition coefficient (Wildman–Crippen LogP) is 3.86. The van der Waals surface area contributed by atoms with Gasteiger partial charge in [0.05, 0.1) is 6.42 Å². The molecule has 3 rings (SSSR count). The molecule has 0 radical (unpaired) electrons. The van der Waals surface area contributed by atoms with E-state index in [1.54, 1.807) is 0 Å². The van der Waals surface area contributed by atoms with Gasteiger partial charge in [-0.15, -0.1) is 0 Å². The van der Waals surface area contributed by atoms with Crippen molar-refractivity contribution < 1.29 is 4.79 Å². The summed E-state index contributed by atoms with van der Waals surface area (Å²) in [6.45, 7) is 2.07. The van der Waals surface area contributed by atoms with E-state index in [4.69, 9.17) is 0 Å². The lowest BCUT2D eigenvalue weighted by atomic mass is 10.1. The van der Waals surface area contributed by atoms with Crippen molar-refractivity contribution >= 4 is 16.8 Å². The molecule has 1 atom stereocenters. The zero-order valence-corrected chi connectivity index (χ0v) is 14.3. The number of carbonyl (C=O) groups is 1. The van der Waals surface area contributed by atoms with E-state index in [1.807, 2.05) is 25.2 Å². The van der Waals surface area contributed by atoms with Gasteiger partial charge < -0.3 is 9.88 Å². The van der Waals surface area contributed by atoms with E-state index >= 15 is 0 Å². The molecule has 1 N–H and O–H groups in total. The van der Waals surface area contributed by atoms with Crippen LogP contribution >= 0.6 is 0 Å². The summed E-state index contributed by atoms with van der Waals surface area (Å²) in [5, 5.41) is 4.28. The Morgan fingerprint density at radius 2 is 1.79 bits per heavy atom. The molecule has 1 unspecified atom stereocenters. The lowest BCUT2D eigenvalue weighted by Crippen LogP contribution is -2.34. The van der Waals surface area contributed by atoms with E-state index < -0.39 is 0 Å².